The molecule has 2 aliphatic carbocycles. The standard InChI is InChI=1S/C28H30N4S.C27H29N5S/c1-2-15-30-25(8-1)19-29-18-22-11-13-23(14-12-22)20-32(21-26-9-5-17-33-26)27-10-3-6-24-7-4-16-31-28(24)27;1-2-13-29-24(7-1)18-28-17-21-9-11-22(12-10-21)19-32(20-26-30-15-16-33-26)25-8-3-5-23-6-4-14-31-27(23)25/h1-2,4-5,7-9,11-17,27,29H,3,6,10,18-21H2;1-2,4,6-7,9-16,25,28H,3,5,8,17-20H2. The van der Waals surface area contributed by atoms with E-state index in [1.54, 1.807) is 11.3 Å². The molecule has 9 nitrogen and oxygen atoms in total. The third-order valence-electron chi connectivity index (χ3n) is 12.5. The Kier molecular flexibility index (Phi) is 16.2. The zero-order chi connectivity index (χ0) is 44.6. The molecule has 11 heteroatoms. The van der Waals surface area contributed by atoms with Crippen LogP contribution in [0.5, 0.6) is 0 Å². The zero-order valence-corrected chi connectivity index (χ0v) is 39.2. The van der Waals surface area contributed by atoms with Gasteiger partial charge in [-0.15, -0.1) is 22.7 Å². The number of aryl methyl sites for hydroxylation is 2. The van der Waals surface area contributed by atoms with Crippen LogP contribution in [0.4, 0.5) is 0 Å². The molecule has 10 rings (SSSR count). The molecule has 0 spiro atoms. The summed E-state index contributed by atoms with van der Waals surface area (Å²) < 4.78 is 0. The second-order valence-corrected chi connectivity index (χ2v) is 19.2. The van der Waals surface area contributed by atoms with Crippen LogP contribution in [0.15, 0.2) is 163 Å². The van der Waals surface area contributed by atoms with E-state index in [0.29, 0.717) is 12.1 Å². The van der Waals surface area contributed by atoms with Crippen LogP contribution in [0.1, 0.15) is 104 Å². The van der Waals surface area contributed by atoms with Crippen LogP contribution in [0.2, 0.25) is 0 Å². The van der Waals surface area contributed by atoms with Crippen LogP contribution < -0.4 is 10.6 Å². The van der Waals surface area contributed by atoms with E-state index >= 15 is 0 Å². The molecule has 336 valence electrons. The molecule has 2 atom stereocenters. The monoisotopic (exact) mass is 909 g/mol. The van der Waals surface area contributed by atoms with Crippen molar-refractivity contribution in [3.8, 4) is 0 Å². The van der Waals surface area contributed by atoms with Crippen molar-refractivity contribution in [2.24, 2.45) is 0 Å². The highest BCUT2D eigenvalue weighted by Gasteiger charge is 2.29. The highest BCUT2D eigenvalue weighted by molar-refractivity contribution is 7.10. The summed E-state index contributed by atoms with van der Waals surface area (Å²) >= 11 is 3.57. The van der Waals surface area contributed by atoms with Crippen LogP contribution in [0.25, 0.3) is 0 Å². The third kappa shape index (κ3) is 12.8. The summed E-state index contributed by atoms with van der Waals surface area (Å²) in [6.45, 7) is 6.87. The first-order chi connectivity index (χ1) is 32.7. The lowest BCUT2D eigenvalue weighted by Crippen LogP contribution is -2.31. The molecule has 0 amide bonds. The number of rotatable bonds is 18. The van der Waals surface area contributed by atoms with Gasteiger partial charge in [0, 0.05) is 87.1 Å². The number of fused-ring (bicyclic) bond motifs is 2. The van der Waals surface area contributed by atoms with E-state index in [0.717, 1.165) is 88.0 Å². The van der Waals surface area contributed by atoms with Crippen molar-refractivity contribution < 1.29 is 0 Å². The molecule has 8 aromatic rings. The van der Waals surface area contributed by atoms with Crippen molar-refractivity contribution in [1.82, 2.24) is 45.4 Å². The third-order valence-corrected chi connectivity index (χ3v) is 14.1. The molecule has 66 heavy (non-hydrogen) atoms. The molecule has 0 radical (unpaired) electrons. The van der Waals surface area contributed by atoms with Crippen molar-refractivity contribution in [3.63, 3.8) is 0 Å². The fourth-order valence-corrected chi connectivity index (χ4v) is 10.6. The second-order valence-electron chi connectivity index (χ2n) is 17.2. The summed E-state index contributed by atoms with van der Waals surface area (Å²) in [4.78, 5) is 29.5. The summed E-state index contributed by atoms with van der Waals surface area (Å²) in [6.07, 6.45) is 16.5. The second kappa shape index (κ2) is 23.6. The average molecular weight is 910 g/mol. The number of hydrogen-bond acceptors (Lipinski definition) is 11. The van der Waals surface area contributed by atoms with Crippen molar-refractivity contribution >= 4 is 22.7 Å². The van der Waals surface area contributed by atoms with Crippen LogP contribution in [-0.2, 0) is 65.2 Å². The van der Waals surface area contributed by atoms with Crippen molar-refractivity contribution in [1.29, 1.82) is 0 Å². The van der Waals surface area contributed by atoms with Gasteiger partial charge in [0.1, 0.15) is 5.01 Å². The number of hydrogen-bond donors (Lipinski definition) is 2. The Balaban J connectivity index is 0.000000166. The quantitative estimate of drug-likeness (QED) is 0.0873. The maximum absolute atomic E-state index is 4.81. The van der Waals surface area contributed by atoms with Crippen LogP contribution >= 0.6 is 22.7 Å². The van der Waals surface area contributed by atoms with Gasteiger partial charge in [0.2, 0.25) is 0 Å². The van der Waals surface area contributed by atoms with E-state index in [-0.39, 0.29) is 0 Å². The van der Waals surface area contributed by atoms with E-state index in [1.807, 2.05) is 72.7 Å². The van der Waals surface area contributed by atoms with Gasteiger partial charge < -0.3 is 10.6 Å². The Hall–Kier alpha value is -5.79. The predicted molar refractivity (Wildman–Crippen MR) is 267 cm³/mol. The number of nitrogens with one attached hydrogen (secondary N) is 2. The van der Waals surface area contributed by atoms with E-state index in [2.05, 4.69) is 137 Å². The van der Waals surface area contributed by atoms with Crippen molar-refractivity contribution in [3.05, 3.63) is 229 Å². The van der Waals surface area contributed by atoms with Crippen LogP contribution in [0, 0.1) is 0 Å². The van der Waals surface area contributed by atoms with Gasteiger partial charge in [-0.25, -0.2) is 4.98 Å². The highest BCUT2D eigenvalue weighted by atomic mass is 32.1. The normalized spacial score (nSPS) is 15.5. The largest absolute Gasteiger partial charge is 0.307 e. The van der Waals surface area contributed by atoms with Gasteiger partial charge in [-0.1, -0.05) is 78.9 Å². The van der Waals surface area contributed by atoms with Crippen molar-refractivity contribution in [2.45, 2.75) is 103 Å². The summed E-state index contributed by atoms with van der Waals surface area (Å²) in [5.74, 6) is 0. The summed E-state index contributed by atoms with van der Waals surface area (Å²) in [6, 6.07) is 43.8. The number of benzene rings is 2. The maximum Gasteiger partial charge on any atom is 0.107 e. The van der Waals surface area contributed by atoms with E-state index < -0.39 is 0 Å². The molecule has 2 aliphatic rings. The zero-order valence-electron chi connectivity index (χ0n) is 37.6. The molecular weight excluding hydrogens is 851 g/mol. The number of thiazole rings is 1. The van der Waals surface area contributed by atoms with Gasteiger partial charge >= 0.3 is 0 Å². The Morgan fingerprint density at radius 2 is 0.970 bits per heavy atom. The summed E-state index contributed by atoms with van der Waals surface area (Å²) in [5.41, 5.74) is 12.7. The number of aromatic nitrogens is 5. The number of nitrogens with zero attached hydrogens (tertiary/aromatic N) is 7. The molecular formula is C55H59N9S2. The Bertz CT molecular complexity index is 2440. The van der Waals surface area contributed by atoms with Gasteiger partial charge in [-0.05, 0) is 120 Å². The molecule has 6 heterocycles. The minimum absolute atomic E-state index is 0.332. The fraction of sp³-hybridized carbons (Fsp3) is 0.291. The van der Waals surface area contributed by atoms with E-state index in [4.69, 9.17) is 9.97 Å². The smallest absolute Gasteiger partial charge is 0.107 e. The molecule has 0 fully saturated rings. The van der Waals surface area contributed by atoms with Gasteiger partial charge in [0.15, 0.2) is 0 Å². The molecule has 2 unspecified atom stereocenters. The summed E-state index contributed by atoms with van der Waals surface area (Å²) in [7, 11) is 0. The summed E-state index contributed by atoms with van der Waals surface area (Å²) in [5, 5.41) is 12.4. The lowest BCUT2D eigenvalue weighted by molar-refractivity contribution is 0.157. The maximum atomic E-state index is 4.81. The Morgan fingerprint density at radius 1 is 0.439 bits per heavy atom. The SMILES string of the molecule is c1ccc(CNCc2ccc(CN(Cc3cccs3)C3CCCc4cccnc43)cc2)nc1.c1ccc(CNCc2ccc(CN(Cc3nccs3)C3CCCc4cccnc43)cc2)nc1. The van der Waals surface area contributed by atoms with Gasteiger partial charge in [-0.3, -0.25) is 29.7 Å². The molecule has 0 saturated carbocycles. The van der Waals surface area contributed by atoms with Crippen LogP contribution in [-0.4, -0.2) is 34.7 Å². The van der Waals surface area contributed by atoms with Gasteiger partial charge in [0.05, 0.1) is 41.4 Å². The first-order valence-electron chi connectivity index (χ1n) is 23.3. The minimum atomic E-state index is 0.332. The van der Waals surface area contributed by atoms with E-state index in [1.165, 1.54) is 68.9 Å². The molecule has 0 aliphatic heterocycles. The van der Waals surface area contributed by atoms with E-state index in [9.17, 15) is 0 Å². The highest BCUT2D eigenvalue weighted by Crippen LogP contribution is 2.36. The molecule has 6 aromatic heterocycles. The first kappa shape index (κ1) is 45.4. The van der Waals surface area contributed by atoms with Crippen LogP contribution in [0.3, 0.4) is 0 Å². The first-order valence-corrected chi connectivity index (χ1v) is 25.1. The lowest BCUT2D eigenvalue weighted by atomic mass is 9.90. The minimum Gasteiger partial charge on any atom is -0.307 e. The average Bonchev–Trinajstić information content (AvgIpc) is 4.10. The predicted octanol–water partition coefficient (Wildman–Crippen LogP) is 11.2. The Labute approximate surface area is 398 Å². The van der Waals surface area contributed by atoms with Crippen molar-refractivity contribution in [2.75, 3.05) is 0 Å². The number of pyridine rings is 4. The molecule has 2 aromatic carbocycles. The topological polar surface area (TPSA) is 95.0 Å². The lowest BCUT2D eigenvalue weighted by Gasteiger charge is -2.35. The number of thiophene rings is 1. The van der Waals surface area contributed by atoms with Gasteiger partial charge in [-0.2, -0.15) is 0 Å². The molecule has 0 bridgehead atoms. The molecule has 0 saturated heterocycles. The molecule has 2 N–H and O–H groups in total. The Morgan fingerprint density at radius 3 is 1.45 bits per heavy atom. The van der Waals surface area contributed by atoms with Gasteiger partial charge in [0.25, 0.3) is 0 Å². The fourth-order valence-electron chi connectivity index (χ4n) is 9.21.